The number of nitrogens with zero attached hydrogens (tertiary/aromatic N) is 2. The highest BCUT2D eigenvalue weighted by Crippen LogP contribution is 2.24. The lowest BCUT2D eigenvalue weighted by molar-refractivity contribution is 0.0916. The number of benzene rings is 2. The van der Waals surface area contributed by atoms with Crippen molar-refractivity contribution in [3.63, 3.8) is 0 Å². The maximum absolute atomic E-state index is 13.0. The Kier molecular flexibility index (Phi) is 6.64. The molecule has 0 aliphatic rings. The van der Waals surface area contributed by atoms with Crippen LogP contribution < -0.4 is 15.0 Å². The molecule has 0 atom stereocenters. The minimum absolute atomic E-state index is 0.0121. The maximum atomic E-state index is 13.0. The van der Waals surface area contributed by atoms with E-state index in [0.29, 0.717) is 17.1 Å². The van der Waals surface area contributed by atoms with Gasteiger partial charge in [-0.2, -0.15) is 5.26 Å². The minimum atomic E-state index is -0.662. The molecule has 1 N–H and O–H groups in total. The van der Waals surface area contributed by atoms with Crippen molar-refractivity contribution in [2.24, 2.45) is 0 Å². The molecule has 0 saturated carbocycles. The van der Waals surface area contributed by atoms with E-state index in [0.717, 1.165) is 15.7 Å². The van der Waals surface area contributed by atoms with Crippen molar-refractivity contribution in [1.82, 2.24) is 4.57 Å². The molecule has 2 aromatic carbocycles. The fourth-order valence-electron chi connectivity index (χ4n) is 3.58. The molecule has 0 radical (unpaired) electrons. The van der Waals surface area contributed by atoms with Crippen LogP contribution in [0.25, 0.3) is 0 Å². The van der Waals surface area contributed by atoms with Gasteiger partial charge in [0.15, 0.2) is 6.61 Å². The number of carbonyl (C=O) groups is 1. The van der Waals surface area contributed by atoms with Gasteiger partial charge in [-0.15, -0.1) is 0 Å². The molecule has 1 heterocycles. The average molecular weight is 432 g/mol. The zero-order chi connectivity index (χ0) is 23.4. The van der Waals surface area contributed by atoms with Crippen LogP contribution >= 0.6 is 0 Å². The minimum Gasteiger partial charge on any atom is -0.497 e. The largest absolute Gasteiger partial charge is 0.497 e. The SMILES string of the molecule is COc1ccc(Cn2c(O)c(C(=O)COc3cc(C)cc(C)c3)c(C)c(C#N)c2=O)cc1. The van der Waals surface area contributed by atoms with Crippen molar-refractivity contribution in [3.8, 4) is 23.4 Å². The molecule has 0 fully saturated rings. The summed E-state index contributed by atoms with van der Waals surface area (Å²) in [6.07, 6.45) is 0. The van der Waals surface area contributed by atoms with E-state index in [1.807, 2.05) is 26.0 Å². The fraction of sp³-hybridized carbons (Fsp3) is 0.240. The molecule has 0 amide bonds. The van der Waals surface area contributed by atoms with Crippen molar-refractivity contribution in [3.05, 3.63) is 86.2 Å². The van der Waals surface area contributed by atoms with Crippen LogP contribution in [0, 0.1) is 32.1 Å². The number of methoxy groups -OCH3 is 1. The van der Waals surface area contributed by atoms with Crippen LogP contribution in [0.15, 0.2) is 47.3 Å². The Balaban J connectivity index is 1.97. The summed E-state index contributed by atoms with van der Waals surface area (Å²) in [7, 11) is 1.54. The van der Waals surface area contributed by atoms with Crippen LogP contribution in [0.1, 0.15) is 38.2 Å². The van der Waals surface area contributed by atoms with Gasteiger partial charge < -0.3 is 14.6 Å². The van der Waals surface area contributed by atoms with E-state index in [1.165, 1.54) is 6.92 Å². The van der Waals surface area contributed by atoms with E-state index in [1.54, 1.807) is 43.5 Å². The van der Waals surface area contributed by atoms with Crippen LogP contribution in [0.3, 0.4) is 0 Å². The Labute approximate surface area is 186 Å². The molecule has 0 aliphatic carbocycles. The number of ketones is 1. The van der Waals surface area contributed by atoms with E-state index in [2.05, 4.69) is 0 Å². The Bertz CT molecular complexity index is 1250. The quantitative estimate of drug-likeness (QED) is 0.572. The lowest BCUT2D eigenvalue weighted by atomic mass is 10.0. The molecule has 32 heavy (non-hydrogen) atoms. The fourth-order valence-corrected chi connectivity index (χ4v) is 3.58. The predicted octanol–water partition coefficient (Wildman–Crippen LogP) is 3.67. The first-order valence-electron chi connectivity index (χ1n) is 9.98. The van der Waals surface area contributed by atoms with Gasteiger partial charge in [-0.25, -0.2) is 0 Å². The molecule has 3 aromatic rings. The summed E-state index contributed by atoms with van der Waals surface area (Å²) in [5.74, 6) is 0.155. The number of aromatic hydroxyl groups is 1. The van der Waals surface area contributed by atoms with Gasteiger partial charge in [0.25, 0.3) is 5.56 Å². The number of pyridine rings is 1. The molecular weight excluding hydrogens is 408 g/mol. The zero-order valence-electron chi connectivity index (χ0n) is 18.4. The van der Waals surface area contributed by atoms with Crippen molar-refractivity contribution < 1.29 is 19.4 Å². The van der Waals surface area contributed by atoms with Crippen LogP contribution in [0.2, 0.25) is 0 Å². The number of ether oxygens (including phenoxy) is 2. The lowest BCUT2D eigenvalue weighted by Crippen LogP contribution is -2.28. The Hall–Kier alpha value is -4.05. The van der Waals surface area contributed by atoms with Crippen LogP contribution in [-0.4, -0.2) is 29.2 Å². The third-order valence-electron chi connectivity index (χ3n) is 5.14. The molecule has 0 saturated heterocycles. The van der Waals surface area contributed by atoms with Crippen LogP contribution in [0.5, 0.6) is 17.4 Å². The summed E-state index contributed by atoms with van der Waals surface area (Å²) in [6, 6.07) is 14.4. The second-order valence-corrected chi connectivity index (χ2v) is 7.59. The summed E-state index contributed by atoms with van der Waals surface area (Å²) < 4.78 is 11.8. The standard InChI is InChI=1S/C25H24N2O5/c1-15-9-16(2)11-20(10-15)32-14-22(28)23-17(3)21(12-26)24(29)27(25(23)30)13-18-5-7-19(31-4)8-6-18/h5-11,30H,13-14H2,1-4H3. The Morgan fingerprint density at radius 1 is 1.06 bits per heavy atom. The highest BCUT2D eigenvalue weighted by atomic mass is 16.5. The van der Waals surface area contributed by atoms with Gasteiger partial charge in [0.05, 0.1) is 19.2 Å². The van der Waals surface area contributed by atoms with Gasteiger partial charge in [0.2, 0.25) is 11.7 Å². The third-order valence-corrected chi connectivity index (χ3v) is 5.14. The normalized spacial score (nSPS) is 10.5. The third kappa shape index (κ3) is 4.65. The monoisotopic (exact) mass is 432 g/mol. The summed E-state index contributed by atoms with van der Waals surface area (Å²) in [5, 5.41) is 20.4. The van der Waals surface area contributed by atoms with Crippen molar-refractivity contribution in [1.29, 1.82) is 5.26 Å². The zero-order valence-corrected chi connectivity index (χ0v) is 18.4. The number of Topliss-reactive ketones (excluding diaryl/α,β-unsaturated/α-hetero) is 1. The van der Waals surface area contributed by atoms with Gasteiger partial charge in [0, 0.05) is 0 Å². The molecule has 0 spiro atoms. The smallest absolute Gasteiger partial charge is 0.271 e. The van der Waals surface area contributed by atoms with Crippen molar-refractivity contribution in [2.45, 2.75) is 27.3 Å². The van der Waals surface area contributed by atoms with Crippen molar-refractivity contribution >= 4 is 5.78 Å². The lowest BCUT2D eigenvalue weighted by Gasteiger charge is -2.16. The summed E-state index contributed by atoms with van der Waals surface area (Å²) in [6.45, 7) is 4.96. The van der Waals surface area contributed by atoms with Gasteiger partial charge in [-0.3, -0.25) is 14.2 Å². The Morgan fingerprint density at radius 2 is 1.69 bits per heavy atom. The van der Waals surface area contributed by atoms with E-state index in [4.69, 9.17) is 9.47 Å². The molecular formula is C25H24N2O5. The summed E-state index contributed by atoms with van der Waals surface area (Å²) >= 11 is 0. The molecule has 164 valence electrons. The second-order valence-electron chi connectivity index (χ2n) is 7.59. The number of hydrogen-bond donors (Lipinski definition) is 1. The second kappa shape index (κ2) is 9.40. The molecule has 0 aliphatic heterocycles. The number of aromatic nitrogens is 1. The van der Waals surface area contributed by atoms with E-state index >= 15 is 0 Å². The first kappa shape index (κ1) is 22.6. The summed E-state index contributed by atoms with van der Waals surface area (Å²) in [5.41, 5.74) is 1.86. The van der Waals surface area contributed by atoms with Gasteiger partial charge >= 0.3 is 0 Å². The molecule has 7 heteroatoms. The van der Waals surface area contributed by atoms with Gasteiger partial charge in [-0.1, -0.05) is 18.2 Å². The number of hydrogen-bond acceptors (Lipinski definition) is 6. The average Bonchev–Trinajstić information content (AvgIpc) is 2.75. The number of aryl methyl sites for hydroxylation is 2. The first-order valence-corrected chi connectivity index (χ1v) is 9.98. The van der Waals surface area contributed by atoms with E-state index < -0.39 is 17.2 Å². The number of carbonyl (C=O) groups excluding carboxylic acids is 1. The van der Waals surface area contributed by atoms with Crippen LogP contribution in [-0.2, 0) is 6.54 Å². The molecule has 3 rings (SSSR count). The Morgan fingerprint density at radius 3 is 2.25 bits per heavy atom. The first-order chi connectivity index (χ1) is 15.2. The molecule has 1 aromatic heterocycles. The number of rotatable bonds is 7. The molecule has 0 unspecified atom stereocenters. The highest BCUT2D eigenvalue weighted by Gasteiger charge is 2.24. The summed E-state index contributed by atoms with van der Waals surface area (Å²) in [4.78, 5) is 25.8. The highest BCUT2D eigenvalue weighted by molar-refractivity contribution is 6.01. The molecule has 7 nitrogen and oxygen atoms in total. The predicted molar refractivity (Wildman–Crippen MR) is 120 cm³/mol. The van der Waals surface area contributed by atoms with Crippen molar-refractivity contribution in [2.75, 3.05) is 13.7 Å². The van der Waals surface area contributed by atoms with Gasteiger partial charge in [0.1, 0.15) is 23.1 Å². The van der Waals surface area contributed by atoms with Crippen LogP contribution in [0.4, 0.5) is 0 Å². The van der Waals surface area contributed by atoms with E-state index in [9.17, 15) is 20.0 Å². The topological polar surface area (TPSA) is 102 Å². The van der Waals surface area contributed by atoms with E-state index in [-0.39, 0.29) is 29.8 Å². The van der Waals surface area contributed by atoms with Gasteiger partial charge in [-0.05, 0) is 67.3 Å². The molecule has 0 bridgehead atoms. The number of nitriles is 1. The maximum Gasteiger partial charge on any atom is 0.271 e.